The highest BCUT2D eigenvalue weighted by Gasteiger charge is 2.30. The summed E-state index contributed by atoms with van der Waals surface area (Å²) in [6.45, 7) is 0. The second-order valence-corrected chi connectivity index (χ2v) is 15.4. The lowest BCUT2D eigenvalue weighted by Gasteiger charge is -2.12. The highest BCUT2D eigenvalue weighted by atomic mass is 32.2. The van der Waals surface area contributed by atoms with Crippen LogP contribution < -0.4 is 10.7 Å². The van der Waals surface area contributed by atoms with E-state index in [0.717, 1.165) is 41.4 Å². The summed E-state index contributed by atoms with van der Waals surface area (Å²) in [5.41, 5.74) is 4.67. The fraction of sp³-hybridized carbons (Fsp3) is 0.0323. The highest BCUT2D eigenvalue weighted by Crippen LogP contribution is 2.48. The smallest absolute Gasteiger partial charge is 0.296 e. The molecule has 0 radical (unpaired) electrons. The van der Waals surface area contributed by atoms with Gasteiger partial charge in [-0.1, -0.05) is 6.07 Å². The van der Waals surface area contributed by atoms with Crippen molar-refractivity contribution in [1.29, 1.82) is 0 Å². The quantitative estimate of drug-likeness (QED) is 0.0545. The monoisotopic (exact) mass is 809 g/mol. The molecular formula is C31H23N9O12S3. The Labute approximate surface area is 309 Å². The van der Waals surface area contributed by atoms with Crippen LogP contribution in [0.2, 0.25) is 0 Å². The van der Waals surface area contributed by atoms with Crippen LogP contribution in [0.1, 0.15) is 0 Å². The Hall–Kier alpha value is -6.57. The first-order valence-electron chi connectivity index (χ1n) is 15.0. The number of fused-ring (bicyclic) bond motifs is 1. The molecule has 0 spiro atoms. The zero-order valence-corrected chi connectivity index (χ0v) is 29.7. The summed E-state index contributed by atoms with van der Waals surface area (Å²) in [7, 11) is -14.2. The zero-order chi connectivity index (χ0) is 39.9. The zero-order valence-electron chi connectivity index (χ0n) is 27.2. The highest BCUT2D eigenvalue weighted by molar-refractivity contribution is 7.86. The third-order valence-corrected chi connectivity index (χ3v) is 10.2. The van der Waals surface area contributed by atoms with Crippen molar-refractivity contribution in [3.63, 3.8) is 0 Å². The summed E-state index contributed by atoms with van der Waals surface area (Å²) in [6, 6.07) is 15.8. The van der Waals surface area contributed by atoms with Gasteiger partial charge in [0.25, 0.3) is 36.3 Å². The average Bonchev–Trinajstić information content (AvgIpc) is 3.49. The number of anilines is 2. The molecule has 0 fully saturated rings. The number of phenols is 2. The molecule has 0 aliphatic carbocycles. The lowest BCUT2D eigenvalue weighted by atomic mass is 10.1. The van der Waals surface area contributed by atoms with Gasteiger partial charge < -0.3 is 15.9 Å². The molecule has 1 amide bonds. The molecule has 55 heavy (non-hydrogen) atoms. The van der Waals surface area contributed by atoms with Crippen LogP contribution in [-0.2, 0) is 35.1 Å². The molecule has 5 aromatic carbocycles. The van der Waals surface area contributed by atoms with Gasteiger partial charge in [-0.15, -0.1) is 15.3 Å². The summed E-state index contributed by atoms with van der Waals surface area (Å²) < 4.78 is 99.3. The molecule has 282 valence electrons. The number of carbonyl (C=O) groups is 1. The van der Waals surface area contributed by atoms with E-state index >= 15 is 0 Å². The first-order valence-corrected chi connectivity index (χ1v) is 19.3. The largest absolute Gasteiger partial charge is 0.505 e. The van der Waals surface area contributed by atoms with Crippen molar-refractivity contribution in [1.82, 2.24) is 0 Å². The molecule has 1 heterocycles. The number of rotatable bonds is 10. The molecule has 1 aliphatic rings. The first-order chi connectivity index (χ1) is 25.8. The Morgan fingerprint density at radius 2 is 1.24 bits per heavy atom. The van der Waals surface area contributed by atoms with Crippen LogP contribution in [0.4, 0.5) is 39.8 Å². The molecule has 0 saturated carbocycles. The van der Waals surface area contributed by atoms with Gasteiger partial charge in [-0.3, -0.25) is 18.5 Å². The molecule has 1 aliphatic heterocycles. The number of hydrogen-bond acceptors (Lipinski definition) is 17. The van der Waals surface area contributed by atoms with E-state index in [1.54, 1.807) is 0 Å². The Kier molecular flexibility index (Phi) is 9.95. The first kappa shape index (κ1) is 38.2. The van der Waals surface area contributed by atoms with E-state index < -0.39 is 69.3 Å². The molecular weight excluding hydrogens is 787 g/mol. The van der Waals surface area contributed by atoms with Gasteiger partial charge in [0.1, 0.15) is 26.9 Å². The van der Waals surface area contributed by atoms with E-state index in [9.17, 15) is 49.4 Å². The number of azo groups is 3. The van der Waals surface area contributed by atoms with E-state index in [0.29, 0.717) is 0 Å². The SMILES string of the molecule is Nc1ccc(/N=N/c2ccc3cc(S(=O)(=O)O)c(/N=N/c4ccc(/N=N/C5C=NN(c6ccc(S(=O)(=O)O)cc6)C5=O)cc4)c(O)c3c2O)c(S(=O)(=O)O)c1. The number of hydrogen-bond donors (Lipinski definition) is 6. The van der Waals surface area contributed by atoms with Gasteiger partial charge in [0.2, 0.25) is 0 Å². The number of hydrazone groups is 1. The minimum absolute atomic E-state index is 0.00259. The van der Waals surface area contributed by atoms with Gasteiger partial charge in [-0.05, 0) is 84.2 Å². The fourth-order valence-corrected chi connectivity index (χ4v) is 6.74. The van der Waals surface area contributed by atoms with Crippen molar-refractivity contribution < 1.29 is 53.9 Å². The number of benzene rings is 5. The van der Waals surface area contributed by atoms with Crippen molar-refractivity contribution in [2.75, 3.05) is 10.7 Å². The van der Waals surface area contributed by atoms with Crippen molar-refractivity contribution in [3.8, 4) is 11.5 Å². The predicted molar refractivity (Wildman–Crippen MR) is 193 cm³/mol. The van der Waals surface area contributed by atoms with Gasteiger partial charge in [0.15, 0.2) is 17.5 Å². The van der Waals surface area contributed by atoms with Gasteiger partial charge in [-0.25, -0.2) is 0 Å². The number of phenolic OH excluding ortho intramolecular Hbond substituents is 2. The maximum absolute atomic E-state index is 12.8. The Bertz CT molecular complexity index is 2850. The van der Waals surface area contributed by atoms with Gasteiger partial charge >= 0.3 is 0 Å². The van der Waals surface area contributed by atoms with Gasteiger partial charge in [0, 0.05) is 5.69 Å². The minimum Gasteiger partial charge on any atom is -0.505 e. The molecule has 24 heteroatoms. The van der Waals surface area contributed by atoms with Crippen LogP contribution in [-0.4, -0.2) is 67.3 Å². The Morgan fingerprint density at radius 3 is 1.85 bits per heavy atom. The van der Waals surface area contributed by atoms with E-state index in [4.69, 9.17) is 10.3 Å². The van der Waals surface area contributed by atoms with E-state index in [2.05, 4.69) is 35.8 Å². The Morgan fingerprint density at radius 1 is 0.636 bits per heavy atom. The maximum Gasteiger partial charge on any atom is 0.296 e. The average molecular weight is 810 g/mol. The van der Waals surface area contributed by atoms with Crippen LogP contribution in [0, 0.1) is 0 Å². The maximum atomic E-state index is 12.8. The summed E-state index contributed by atoms with van der Waals surface area (Å²) >= 11 is 0. The van der Waals surface area contributed by atoms with Crippen molar-refractivity contribution in [3.05, 3.63) is 84.9 Å². The van der Waals surface area contributed by atoms with Crippen LogP contribution in [0.15, 0.2) is 135 Å². The van der Waals surface area contributed by atoms with Crippen LogP contribution in [0.5, 0.6) is 11.5 Å². The summed E-state index contributed by atoms with van der Waals surface area (Å²) in [5, 5.41) is 49.8. The second-order valence-electron chi connectivity index (χ2n) is 11.2. The molecule has 1 unspecified atom stereocenters. The lowest BCUT2D eigenvalue weighted by molar-refractivity contribution is -0.117. The number of carbonyl (C=O) groups excluding carboxylic acids is 1. The van der Waals surface area contributed by atoms with E-state index in [-0.39, 0.29) is 49.8 Å². The van der Waals surface area contributed by atoms with E-state index in [1.807, 2.05) is 0 Å². The topological polar surface area (TPSA) is 336 Å². The number of nitrogens with two attached hydrogens (primary N) is 1. The van der Waals surface area contributed by atoms with Crippen LogP contribution >= 0.6 is 0 Å². The molecule has 7 N–H and O–H groups in total. The fourth-order valence-electron chi connectivity index (χ4n) is 4.94. The van der Waals surface area contributed by atoms with Gasteiger partial charge in [-0.2, -0.15) is 50.7 Å². The minimum atomic E-state index is -5.03. The Balaban J connectivity index is 1.24. The molecule has 21 nitrogen and oxygen atoms in total. The van der Waals surface area contributed by atoms with Crippen LogP contribution in [0.25, 0.3) is 10.8 Å². The molecule has 0 bridgehead atoms. The standard InChI is InChI=1S/C31H23N9O12S3/c32-17-2-12-22(25(14-17)54(47,48)49)36-37-23-11-1-16-13-26(55(50,51)52)28(30(42)27(16)29(23)41)39-35-19-5-3-18(4-6-19)34-38-24-15-33-40(31(24)43)20-7-9-21(10-8-20)53(44,45)46/h1-15,24,41-42H,32H2,(H,44,45,46)(H,47,48,49)(H,50,51,52)/b37-36+,38-34+,39-35+. The number of nitrogens with zero attached hydrogens (tertiary/aromatic N) is 8. The van der Waals surface area contributed by atoms with Crippen molar-refractivity contribution in [2.24, 2.45) is 35.8 Å². The number of nitrogen functional groups attached to an aromatic ring is 1. The predicted octanol–water partition coefficient (Wildman–Crippen LogP) is 5.89. The number of amides is 1. The molecule has 1 atom stereocenters. The summed E-state index contributed by atoms with van der Waals surface area (Å²) in [5.74, 6) is -2.29. The van der Waals surface area contributed by atoms with Gasteiger partial charge in [0.05, 0.1) is 33.6 Å². The van der Waals surface area contributed by atoms with Crippen molar-refractivity contribution >= 4 is 93.1 Å². The summed E-state index contributed by atoms with van der Waals surface area (Å²) in [4.78, 5) is 10.9. The summed E-state index contributed by atoms with van der Waals surface area (Å²) in [6.07, 6.45) is 1.21. The molecule has 0 saturated heterocycles. The molecule has 5 aromatic rings. The van der Waals surface area contributed by atoms with Crippen LogP contribution in [0.3, 0.4) is 0 Å². The molecule has 6 rings (SSSR count). The number of aromatic hydroxyl groups is 2. The second kappa shape index (κ2) is 14.3. The third kappa shape index (κ3) is 8.17. The molecule has 0 aromatic heterocycles. The lowest BCUT2D eigenvalue weighted by Crippen LogP contribution is -2.28. The van der Waals surface area contributed by atoms with Crippen molar-refractivity contribution in [2.45, 2.75) is 20.7 Å². The normalized spacial score (nSPS) is 15.4. The van der Waals surface area contributed by atoms with E-state index in [1.165, 1.54) is 54.7 Å². The third-order valence-electron chi connectivity index (χ3n) is 7.55.